The van der Waals surface area contributed by atoms with E-state index >= 15 is 0 Å². The minimum absolute atomic E-state index is 0.329. The predicted molar refractivity (Wildman–Crippen MR) is 110 cm³/mol. The molecule has 0 amide bonds. The van der Waals surface area contributed by atoms with Gasteiger partial charge in [-0.05, 0) is 18.1 Å². The smallest absolute Gasteiger partial charge is 0.242 e. The lowest BCUT2D eigenvalue weighted by molar-refractivity contribution is 0.0195. The minimum atomic E-state index is -3.48. The third-order valence-corrected chi connectivity index (χ3v) is 7.32. The lowest BCUT2D eigenvalue weighted by atomic mass is 10.2. The molecule has 1 unspecified atom stereocenters. The molecule has 0 spiro atoms. The third-order valence-electron chi connectivity index (χ3n) is 5.40. The van der Waals surface area contributed by atoms with Crippen LogP contribution in [0, 0.1) is 0 Å². The van der Waals surface area contributed by atoms with Crippen LogP contribution < -0.4 is 5.32 Å². The second kappa shape index (κ2) is 9.21. The van der Waals surface area contributed by atoms with E-state index < -0.39 is 10.0 Å². The fourth-order valence-corrected chi connectivity index (χ4v) is 4.90. The molecule has 0 saturated carbocycles. The zero-order valence-electron chi connectivity index (χ0n) is 17.0. The Morgan fingerprint density at radius 2 is 1.96 bits per heavy atom. The maximum absolute atomic E-state index is 12.6. The van der Waals surface area contributed by atoms with Gasteiger partial charge in [-0.3, -0.25) is 9.89 Å². The number of nitrogens with one attached hydrogen (secondary N) is 1. The first-order chi connectivity index (χ1) is 13.4. The van der Waals surface area contributed by atoms with Crippen LogP contribution in [0.1, 0.15) is 12.0 Å². The van der Waals surface area contributed by atoms with Gasteiger partial charge in [0.15, 0.2) is 5.96 Å². The van der Waals surface area contributed by atoms with Crippen LogP contribution in [0.4, 0.5) is 0 Å². The number of benzene rings is 1. The van der Waals surface area contributed by atoms with Crippen LogP contribution in [0.5, 0.6) is 0 Å². The Hall–Kier alpha value is -1.68. The van der Waals surface area contributed by atoms with Crippen molar-refractivity contribution >= 4 is 16.0 Å². The largest absolute Gasteiger partial charge is 0.379 e. The Bertz CT molecular complexity index is 791. The fraction of sp³-hybridized carbons (Fsp3) is 0.632. The summed E-state index contributed by atoms with van der Waals surface area (Å²) in [5.41, 5.74) is 0.737. The van der Waals surface area contributed by atoms with Gasteiger partial charge in [0.05, 0.1) is 18.1 Å². The molecule has 2 heterocycles. The van der Waals surface area contributed by atoms with Gasteiger partial charge in [-0.25, -0.2) is 12.7 Å². The molecule has 2 aliphatic heterocycles. The van der Waals surface area contributed by atoms with E-state index in [0.29, 0.717) is 17.5 Å². The number of likely N-dealkylation sites (tertiary alicyclic amines) is 1. The molecular weight excluding hydrogens is 378 g/mol. The maximum atomic E-state index is 12.6. The predicted octanol–water partition coefficient (Wildman–Crippen LogP) is 0.419. The van der Waals surface area contributed by atoms with E-state index in [1.807, 2.05) is 12.1 Å². The maximum Gasteiger partial charge on any atom is 0.242 e. The Kier molecular flexibility index (Phi) is 6.92. The molecule has 28 heavy (non-hydrogen) atoms. The lowest BCUT2D eigenvalue weighted by Gasteiger charge is -2.32. The van der Waals surface area contributed by atoms with Gasteiger partial charge in [0.25, 0.3) is 0 Å². The molecule has 2 saturated heterocycles. The minimum Gasteiger partial charge on any atom is -0.379 e. The summed E-state index contributed by atoms with van der Waals surface area (Å²) in [6.45, 7) is 5.87. The zero-order valence-corrected chi connectivity index (χ0v) is 17.8. The van der Waals surface area contributed by atoms with Crippen LogP contribution in [0.3, 0.4) is 0 Å². The number of hydrogen-bond acceptors (Lipinski definition) is 5. The highest BCUT2D eigenvalue weighted by Gasteiger charge is 2.30. The average molecular weight is 410 g/mol. The van der Waals surface area contributed by atoms with Crippen LogP contribution in [0.15, 0.2) is 34.2 Å². The van der Waals surface area contributed by atoms with Gasteiger partial charge in [0, 0.05) is 59.9 Å². The first kappa shape index (κ1) is 21.0. The molecular formula is C19H31N5O3S. The highest BCUT2D eigenvalue weighted by Crippen LogP contribution is 2.20. The summed E-state index contributed by atoms with van der Waals surface area (Å²) in [6.07, 6.45) is 1.10. The van der Waals surface area contributed by atoms with E-state index in [1.54, 1.807) is 33.3 Å². The topological polar surface area (TPSA) is 77.5 Å². The number of nitrogens with zero attached hydrogens (tertiary/aromatic N) is 4. The number of ether oxygens (including phenoxy) is 1. The van der Waals surface area contributed by atoms with Gasteiger partial charge in [0.1, 0.15) is 0 Å². The van der Waals surface area contributed by atoms with Crippen molar-refractivity contribution in [2.75, 3.05) is 60.5 Å². The van der Waals surface area contributed by atoms with Gasteiger partial charge >= 0.3 is 0 Å². The number of guanidine groups is 1. The highest BCUT2D eigenvalue weighted by atomic mass is 32.2. The van der Waals surface area contributed by atoms with Crippen LogP contribution in [-0.2, 0) is 21.3 Å². The van der Waals surface area contributed by atoms with E-state index in [2.05, 4.69) is 20.1 Å². The first-order valence-electron chi connectivity index (χ1n) is 9.71. The molecule has 1 N–H and O–H groups in total. The number of hydrogen-bond donors (Lipinski definition) is 1. The van der Waals surface area contributed by atoms with Crippen molar-refractivity contribution in [3.63, 3.8) is 0 Å². The molecule has 9 heteroatoms. The van der Waals surface area contributed by atoms with Crippen LogP contribution in [0.25, 0.3) is 0 Å². The van der Waals surface area contributed by atoms with Crippen LogP contribution in [0.2, 0.25) is 0 Å². The molecule has 2 aliphatic rings. The standard InChI is InChI=1S/C19H31N5O3S/c1-20-19(24-9-8-17(15-24)23-10-12-27-13-11-23)21-14-16-6-4-5-7-18(16)28(25,26)22(2)3/h4-7,17H,8-15H2,1-3H3,(H,20,21). The lowest BCUT2D eigenvalue weighted by Crippen LogP contribution is -2.46. The summed E-state index contributed by atoms with van der Waals surface area (Å²) < 4.78 is 31.9. The Labute approximate surface area is 168 Å². The van der Waals surface area contributed by atoms with E-state index in [9.17, 15) is 8.42 Å². The molecule has 1 aromatic rings. The molecule has 2 fully saturated rings. The summed E-state index contributed by atoms with van der Waals surface area (Å²) in [4.78, 5) is 9.50. The van der Waals surface area contributed by atoms with Gasteiger partial charge in [-0.1, -0.05) is 18.2 Å². The molecule has 0 aromatic heterocycles. The van der Waals surface area contributed by atoms with Gasteiger partial charge in [-0.15, -0.1) is 0 Å². The summed E-state index contributed by atoms with van der Waals surface area (Å²) in [5, 5.41) is 3.35. The zero-order chi connectivity index (χ0) is 20.1. The second-order valence-corrected chi connectivity index (χ2v) is 9.45. The summed E-state index contributed by atoms with van der Waals surface area (Å²) in [6, 6.07) is 7.63. The molecule has 8 nitrogen and oxygen atoms in total. The quantitative estimate of drug-likeness (QED) is 0.561. The molecule has 0 radical (unpaired) electrons. The summed E-state index contributed by atoms with van der Waals surface area (Å²) in [5.74, 6) is 0.813. The second-order valence-electron chi connectivity index (χ2n) is 7.33. The number of rotatable bonds is 5. The van der Waals surface area contributed by atoms with Crippen molar-refractivity contribution in [3.8, 4) is 0 Å². The van der Waals surface area contributed by atoms with Crippen molar-refractivity contribution in [2.45, 2.75) is 23.9 Å². The molecule has 0 aliphatic carbocycles. The fourth-order valence-electron chi connectivity index (χ4n) is 3.78. The van der Waals surface area contributed by atoms with Crippen molar-refractivity contribution in [2.24, 2.45) is 4.99 Å². The molecule has 0 bridgehead atoms. The first-order valence-corrected chi connectivity index (χ1v) is 11.2. The van der Waals surface area contributed by atoms with Crippen molar-refractivity contribution in [1.29, 1.82) is 0 Å². The molecule has 1 atom stereocenters. The molecule has 1 aromatic carbocycles. The summed E-state index contributed by atoms with van der Waals surface area (Å²) in [7, 11) is 1.39. The van der Waals surface area contributed by atoms with Crippen molar-refractivity contribution in [1.82, 2.24) is 19.4 Å². The Morgan fingerprint density at radius 3 is 2.64 bits per heavy atom. The monoisotopic (exact) mass is 409 g/mol. The number of sulfonamides is 1. The van der Waals surface area contributed by atoms with E-state index in [4.69, 9.17) is 4.74 Å². The average Bonchev–Trinajstić information content (AvgIpc) is 3.19. The van der Waals surface area contributed by atoms with E-state index in [-0.39, 0.29) is 0 Å². The van der Waals surface area contributed by atoms with E-state index in [0.717, 1.165) is 57.3 Å². The Morgan fingerprint density at radius 1 is 1.25 bits per heavy atom. The van der Waals surface area contributed by atoms with Crippen molar-refractivity contribution in [3.05, 3.63) is 29.8 Å². The van der Waals surface area contributed by atoms with Gasteiger partial charge in [-0.2, -0.15) is 0 Å². The van der Waals surface area contributed by atoms with Gasteiger partial charge in [0.2, 0.25) is 10.0 Å². The van der Waals surface area contributed by atoms with Crippen molar-refractivity contribution < 1.29 is 13.2 Å². The number of aliphatic imine (C=N–C) groups is 1. The SMILES string of the molecule is CN=C(NCc1ccccc1S(=O)(=O)N(C)C)N1CCC(N2CCOCC2)C1. The van der Waals surface area contributed by atoms with E-state index in [1.165, 1.54) is 4.31 Å². The molecule has 156 valence electrons. The third kappa shape index (κ3) is 4.65. The molecule has 3 rings (SSSR count). The highest BCUT2D eigenvalue weighted by molar-refractivity contribution is 7.89. The Balaban J connectivity index is 1.64. The number of morpholine rings is 1. The normalized spacial score (nSPS) is 22.1. The summed E-state index contributed by atoms with van der Waals surface area (Å²) >= 11 is 0. The van der Waals surface area contributed by atoms with Crippen LogP contribution in [-0.4, -0.2) is 95.1 Å². The van der Waals surface area contributed by atoms with Crippen LogP contribution >= 0.6 is 0 Å². The van der Waals surface area contributed by atoms with Gasteiger partial charge < -0.3 is 15.0 Å².